The number of anilines is 1. The number of piperazine rings is 1. The fourth-order valence-electron chi connectivity index (χ4n) is 5.83. The Morgan fingerprint density at radius 3 is 2.37 bits per heavy atom. The minimum atomic E-state index is -1.36. The molecule has 0 saturated carbocycles. The minimum Gasteiger partial charge on any atom is -0.465 e. The van der Waals surface area contributed by atoms with E-state index >= 15 is 0 Å². The molecule has 1 N–H and O–H groups in total. The SMILES string of the molecule is N#Cc1ccccc1N1CCN(C(=O)C2CC(N(Cc3ccc(F)cc3F)C(=O)O)CN2Cc2cccc(F)c2F)CC1. The lowest BCUT2D eigenvalue weighted by Crippen LogP contribution is -2.53. The van der Waals surface area contributed by atoms with Crippen molar-refractivity contribution < 1.29 is 32.3 Å². The average Bonchev–Trinajstić information content (AvgIpc) is 3.41. The molecule has 3 aromatic carbocycles. The Hall–Kier alpha value is -4.63. The van der Waals surface area contributed by atoms with Crippen LogP contribution in [0.1, 0.15) is 23.1 Å². The Balaban J connectivity index is 1.37. The molecule has 2 amide bonds. The van der Waals surface area contributed by atoms with Crippen molar-refractivity contribution in [3.05, 3.63) is 101 Å². The van der Waals surface area contributed by atoms with Crippen molar-refractivity contribution in [3.8, 4) is 6.07 Å². The van der Waals surface area contributed by atoms with Gasteiger partial charge in [-0.25, -0.2) is 22.4 Å². The van der Waals surface area contributed by atoms with Crippen LogP contribution in [0.4, 0.5) is 28.0 Å². The van der Waals surface area contributed by atoms with Gasteiger partial charge in [0.2, 0.25) is 5.91 Å². The van der Waals surface area contributed by atoms with Crippen LogP contribution >= 0.6 is 0 Å². The predicted octanol–water partition coefficient (Wildman–Crippen LogP) is 4.59. The summed E-state index contributed by atoms with van der Waals surface area (Å²) >= 11 is 0. The van der Waals surface area contributed by atoms with Gasteiger partial charge in [0.25, 0.3) is 0 Å². The number of para-hydroxylation sites is 1. The fraction of sp³-hybridized carbons (Fsp3) is 0.323. The molecular formula is C31H29F4N5O3. The van der Waals surface area contributed by atoms with E-state index in [-0.39, 0.29) is 43.1 Å². The minimum absolute atomic E-state index is 0.0109. The Morgan fingerprint density at radius 2 is 1.67 bits per heavy atom. The Kier molecular flexibility index (Phi) is 8.82. The van der Waals surface area contributed by atoms with Crippen molar-refractivity contribution in [2.75, 3.05) is 37.6 Å². The maximum Gasteiger partial charge on any atom is 0.407 e. The normalized spacial score (nSPS) is 18.9. The first-order valence-corrected chi connectivity index (χ1v) is 13.8. The summed E-state index contributed by atoms with van der Waals surface area (Å²) in [6, 6.07) is 14.3. The summed E-state index contributed by atoms with van der Waals surface area (Å²) in [6.45, 7) is 1.08. The number of nitrogens with zero attached hydrogens (tertiary/aromatic N) is 5. The second-order valence-corrected chi connectivity index (χ2v) is 10.6. The van der Waals surface area contributed by atoms with Gasteiger partial charge >= 0.3 is 6.09 Å². The first kappa shape index (κ1) is 29.8. The van der Waals surface area contributed by atoms with Gasteiger partial charge in [-0.1, -0.05) is 30.3 Å². The third kappa shape index (κ3) is 6.41. The zero-order valence-electron chi connectivity index (χ0n) is 23.1. The lowest BCUT2D eigenvalue weighted by atomic mass is 10.1. The molecule has 3 aromatic rings. The van der Waals surface area contributed by atoms with E-state index in [1.165, 1.54) is 18.2 Å². The van der Waals surface area contributed by atoms with Crippen LogP contribution in [0.2, 0.25) is 0 Å². The van der Waals surface area contributed by atoms with E-state index in [1.54, 1.807) is 21.9 Å². The van der Waals surface area contributed by atoms with Gasteiger partial charge in [0.05, 0.1) is 29.9 Å². The van der Waals surface area contributed by atoms with Crippen LogP contribution in [-0.2, 0) is 17.9 Å². The molecule has 224 valence electrons. The number of carboxylic acid groups (broad SMARTS) is 1. The van der Waals surface area contributed by atoms with Gasteiger partial charge in [0.15, 0.2) is 11.6 Å². The second kappa shape index (κ2) is 12.7. The number of nitriles is 1. The number of carbonyl (C=O) groups excluding carboxylic acids is 1. The standard InChI is InChI=1S/C31H29F4N5O3/c32-23-9-8-21(26(34)14-23)18-40(31(42)43)24-15-28(39(19-24)17-22-5-3-6-25(33)29(22)35)30(41)38-12-10-37(11-13-38)27-7-2-1-4-20(27)16-36/h1-9,14,24,28H,10-13,15,17-19H2,(H,42,43). The van der Waals surface area contributed by atoms with E-state index in [1.807, 2.05) is 17.0 Å². The molecule has 0 bridgehead atoms. The molecule has 2 heterocycles. The summed E-state index contributed by atoms with van der Waals surface area (Å²) in [7, 11) is 0. The van der Waals surface area contributed by atoms with E-state index in [2.05, 4.69) is 6.07 Å². The molecule has 43 heavy (non-hydrogen) atoms. The number of hydrogen-bond donors (Lipinski definition) is 1. The van der Waals surface area contributed by atoms with E-state index in [0.717, 1.165) is 22.7 Å². The van der Waals surface area contributed by atoms with Gasteiger partial charge in [-0.3, -0.25) is 14.6 Å². The van der Waals surface area contributed by atoms with E-state index in [0.29, 0.717) is 37.8 Å². The summed E-state index contributed by atoms with van der Waals surface area (Å²) < 4.78 is 56.5. The molecule has 0 aromatic heterocycles. The Morgan fingerprint density at radius 1 is 0.930 bits per heavy atom. The van der Waals surface area contributed by atoms with Crippen molar-refractivity contribution in [2.45, 2.75) is 31.6 Å². The van der Waals surface area contributed by atoms with Crippen molar-refractivity contribution >= 4 is 17.7 Å². The molecular weight excluding hydrogens is 566 g/mol. The Labute approximate surface area is 245 Å². The number of benzene rings is 3. The monoisotopic (exact) mass is 595 g/mol. The maximum atomic E-state index is 14.7. The highest BCUT2D eigenvalue weighted by Crippen LogP contribution is 2.30. The van der Waals surface area contributed by atoms with Crippen molar-refractivity contribution in [1.29, 1.82) is 5.26 Å². The summed E-state index contributed by atoms with van der Waals surface area (Å²) in [5.74, 6) is -4.07. The Bertz CT molecular complexity index is 1560. The third-order valence-electron chi connectivity index (χ3n) is 8.07. The van der Waals surface area contributed by atoms with Gasteiger partial charge in [0.1, 0.15) is 17.7 Å². The van der Waals surface area contributed by atoms with Crippen molar-refractivity contribution in [1.82, 2.24) is 14.7 Å². The first-order valence-electron chi connectivity index (χ1n) is 13.8. The van der Waals surface area contributed by atoms with E-state index < -0.39 is 41.4 Å². The summed E-state index contributed by atoms with van der Waals surface area (Å²) in [5, 5.41) is 19.5. The van der Waals surface area contributed by atoms with Crippen molar-refractivity contribution in [2.24, 2.45) is 0 Å². The summed E-state index contributed by atoms with van der Waals surface area (Å²) in [5.41, 5.74) is 1.28. The number of likely N-dealkylation sites (tertiary alicyclic amines) is 1. The molecule has 2 saturated heterocycles. The average molecular weight is 596 g/mol. The quantitative estimate of drug-likeness (QED) is 0.402. The molecule has 2 fully saturated rings. The highest BCUT2D eigenvalue weighted by Gasteiger charge is 2.43. The van der Waals surface area contributed by atoms with Gasteiger partial charge in [-0.05, 0) is 30.7 Å². The molecule has 2 unspecified atom stereocenters. The number of rotatable bonds is 7. The topological polar surface area (TPSA) is 91.1 Å². The highest BCUT2D eigenvalue weighted by molar-refractivity contribution is 5.83. The van der Waals surface area contributed by atoms with Crippen LogP contribution in [0.25, 0.3) is 0 Å². The van der Waals surface area contributed by atoms with Crippen LogP contribution in [0.5, 0.6) is 0 Å². The maximum absolute atomic E-state index is 14.7. The first-order chi connectivity index (χ1) is 20.7. The van der Waals surface area contributed by atoms with Crippen LogP contribution in [0.15, 0.2) is 60.7 Å². The second-order valence-electron chi connectivity index (χ2n) is 10.6. The fourth-order valence-corrected chi connectivity index (χ4v) is 5.83. The van der Waals surface area contributed by atoms with Gasteiger partial charge in [0, 0.05) is 56.5 Å². The van der Waals surface area contributed by atoms with Gasteiger partial charge in [-0.2, -0.15) is 5.26 Å². The van der Waals surface area contributed by atoms with Crippen LogP contribution in [0, 0.1) is 34.6 Å². The number of hydrogen-bond acceptors (Lipinski definition) is 5. The number of carbonyl (C=O) groups is 2. The number of halogens is 4. The zero-order chi connectivity index (χ0) is 30.7. The largest absolute Gasteiger partial charge is 0.465 e. The lowest BCUT2D eigenvalue weighted by Gasteiger charge is -2.38. The molecule has 8 nitrogen and oxygen atoms in total. The van der Waals surface area contributed by atoms with Gasteiger partial charge < -0.3 is 14.9 Å². The summed E-state index contributed by atoms with van der Waals surface area (Å²) in [6.07, 6.45) is -1.31. The molecule has 2 aliphatic heterocycles. The molecule has 2 atom stereocenters. The summed E-state index contributed by atoms with van der Waals surface area (Å²) in [4.78, 5) is 32.5. The van der Waals surface area contributed by atoms with E-state index in [4.69, 9.17) is 0 Å². The number of amides is 2. The molecule has 2 aliphatic rings. The van der Waals surface area contributed by atoms with Crippen LogP contribution < -0.4 is 4.90 Å². The highest BCUT2D eigenvalue weighted by atomic mass is 19.2. The molecule has 5 rings (SSSR count). The van der Waals surface area contributed by atoms with Crippen LogP contribution in [0.3, 0.4) is 0 Å². The van der Waals surface area contributed by atoms with Gasteiger partial charge in [-0.15, -0.1) is 0 Å². The molecule has 0 spiro atoms. The third-order valence-corrected chi connectivity index (χ3v) is 8.07. The zero-order valence-corrected chi connectivity index (χ0v) is 23.1. The van der Waals surface area contributed by atoms with Crippen molar-refractivity contribution in [3.63, 3.8) is 0 Å². The smallest absolute Gasteiger partial charge is 0.407 e. The van der Waals surface area contributed by atoms with Crippen LogP contribution in [-0.4, -0.2) is 76.6 Å². The molecule has 0 radical (unpaired) electrons. The molecule has 0 aliphatic carbocycles. The molecule has 12 heteroatoms. The van der Waals surface area contributed by atoms with E-state index in [9.17, 15) is 37.5 Å². The predicted molar refractivity (Wildman–Crippen MR) is 149 cm³/mol. The lowest BCUT2D eigenvalue weighted by molar-refractivity contribution is -0.136.